The number of anilines is 2. The van der Waals surface area contributed by atoms with E-state index in [2.05, 4.69) is 10.6 Å². The molecule has 2 amide bonds. The van der Waals surface area contributed by atoms with Crippen LogP contribution in [0.2, 0.25) is 0 Å². The lowest BCUT2D eigenvalue weighted by atomic mass is 10.1. The Kier molecular flexibility index (Phi) is 6.59. The van der Waals surface area contributed by atoms with E-state index in [9.17, 15) is 9.59 Å². The van der Waals surface area contributed by atoms with Crippen LogP contribution in [0.25, 0.3) is 11.0 Å². The van der Waals surface area contributed by atoms with E-state index in [1.165, 1.54) is 0 Å². The highest BCUT2D eigenvalue weighted by Crippen LogP contribution is 2.24. The van der Waals surface area contributed by atoms with Crippen molar-refractivity contribution in [3.63, 3.8) is 0 Å². The fraction of sp³-hybridized carbons (Fsp3) is 0.154. The summed E-state index contributed by atoms with van der Waals surface area (Å²) in [5.74, 6) is 0.495. The highest BCUT2D eigenvalue weighted by atomic mass is 16.5. The number of hydrogen-bond acceptors (Lipinski definition) is 5. The molecule has 0 radical (unpaired) electrons. The van der Waals surface area contributed by atoms with Gasteiger partial charge in [-0.15, -0.1) is 0 Å². The molecule has 3 aromatic carbocycles. The summed E-state index contributed by atoms with van der Waals surface area (Å²) in [5.41, 5.74) is 8.97. The zero-order valence-electron chi connectivity index (χ0n) is 18.3. The van der Waals surface area contributed by atoms with E-state index in [1.54, 1.807) is 36.4 Å². The summed E-state index contributed by atoms with van der Waals surface area (Å²) in [6.45, 7) is 2.75. The normalized spacial score (nSPS) is 10.7. The number of carbonyl (C=O) groups is 2. The second-order valence-electron chi connectivity index (χ2n) is 7.58. The number of nitrogens with one attached hydrogen (secondary N) is 2. The number of amides is 2. The summed E-state index contributed by atoms with van der Waals surface area (Å²) in [6, 6.07) is 21.5. The molecule has 1 heterocycles. The average Bonchev–Trinajstić information content (AvgIpc) is 3.17. The first-order valence-electron chi connectivity index (χ1n) is 10.7. The highest BCUT2D eigenvalue weighted by molar-refractivity contribution is 6.05. The summed E-state index contributed by atoms with van der Waals surface area (Å²) in [7, 11) is 0. The predicted molar refractivity (Wildman–Crippen MR) is 129 cm³/mol. The maximum Gasteiger partial charge on any atom is 0.287 e. The van der Waals surface area contributed by atoms with Gasteiger partial charge in [0.25, 0.3) is 11.8 Å². The van der Waals surface area contributed by atoms with Gasteiger partial charge in [0.2, 0.25) is 0 Å². The van der Waals surface area contributed by atoms with Gasteiger partial charge in [0.05, 0.1) is 18.0 Å². The van der Waals surface area contributed by atoms with Gasteiger partial charge < -0.3 is 25.5 Å². The van der Waals surface area contributed by atoms with E-state index in [-0.39, 0.29) is 11.8 Å². The van der Waals surface area contributed by atoms with Crippen LogP contribution in [0.3, 0.4) is 0 Å². The van der Waals surface area contributed by atoms with Crippen LogP contribution in [-0.2, 0) is 0 Å². The van der Waals surface area contributed by atoms with Crippen molar-refractivity contribution < 1.29 is 18.7 Å². The first kappa shape index (κ1) is 22.0. The van der Waals surface area contributed by atoms with E-state index in [0.29, 0.717) is 53.6 Å². The van der Waals surface area contributed by atoms with Gasteiger partial charge in [-0.05, 0) is 55.8 Å². The van der Waals surface area contributed by atoms with E-state index in [1.807, 2.05) is 43.3 Å². The maximum atomic E-state index is 12.4. The third kappa shape index (κ3) is 5.15. The maximum absolute atomic E-state index is 12.4. The van der Waals surface area contributed by atoms with Crippen molar-refractivity contribution in [3.05, 3.63) is 89.7 Å². The molecule has 4 aromatic rings. The Labute approximate surface area is 191 Å². The van der Waals surface area contributed by atoms with E-state index in [4.69, 9.17) is 14.9 Å². The zero-order valence-corrected chi connectivity index (χ0v) is 18.3. The molecule has 7 heteroatoms. The van der Waals surface area contributed by atoms with Crippen LogP contribution in [0.5, 0.6) is 5.75 Å². The minimum absolute atomic E-state index is 0.238. The van der Waals surface area contributed by atoms with Crippen LogP contribution in [-0.4, -0.2) is 25.0 Å². The van der Waals surface area contributed by atoms with Crippen molar-refractivity contribution in [2.75, 3.05) is 24.2 Å². The van der Waals surface area contributed by atoms with Crippen LogP contribution in [0.4, 0.5) is 11.4 Å². The number of para-hydroxylation sites is 3. The highest BCUT2D eigenvalue weighted by Gasteiger charge is 2.16. The Bertz CT molecular complexity index is 1280. The number of nitrogen functional groups attached to an aromatic ring is 1. The van der Waals surface area contributed by atoms with Crippen molar-refractivity contribution in [2.45, 2.75) is 13.3 Å². The quantitative estimate of drug-likeness (QED) is 0.269. The van der Waals surface area contributed by atoms with Gasteiger partial charge in [-0.2, -0.15) is 0 Å². The number of nitrogens with two attached hydrogens (primary N) is 1. The number of carbonyl (C=O) groups excluding carboxylic acids is 2. The SMILES string of the molecule is Cc1c(C(=O)NCCCOc2ccc(C(=O)Nc3ccccc3N)cc2)oc2ccccc12. The molecule has 0 saturated heterocycles. The average molecular weight is 444 g/mol. The van der Waals surface area contributed by atoms with Crippen LogP contribution in [0.15, 0.2) is 77.2 Å². The lowest BCUT2D eigenvalue weighted by Gasteiger charge is -2.09. The van der Waals surface area contributed by atoms with Gasteiger partial charge in [0.1, 0.15) is 11.3 Å². The standard InChI is InChI=1S/C26H25N3O4/c1-17-20-7-2-5-10-23(20)33-24(17)26(31)28-15-6-16-32-19-13-11-18(12-14-19)25(30)29-22-9-4-3-8-21(22)27/h2-5,7-14H,6,15-16,27H2,1H3,(H,28,31)(H,29,30). The molecule has 0 aliphatic heterocycles. The molecule has 0 fully saturated rings. The first-order valence-corrected chi connectivity index (χ1v) is 10.7. The molecule has 0 unspecified atom stereocenters. The molecule has 1 aromatic heterocycles. The minimum Gasteiger partial charge on any atom is -0.494 e. The van der Waals surface area contributed by atoms with Crippen LogP contribution < -0.4 is 21.1 Å². The van der Waals surface area contributed by atoms with Gasteiger partial charge in [0.15, 0.2) is 5.76 Å². The molecule has 0 aliphatic carbocycles. The molecule has 7 nitrogen and oxygen atoms in total. The topological polar surface area (TPSA) is 107 Å². The van der Waals surface area contributed by atoms with Gasteiger partial charge in [-0.3, -0.25) is 9.59 Å². The minimum atomic E-state index is -0.247. The molecular weight excluding hydrogens is 418 g/mol. The molecule has 0 spiro atoms. The fourth-order valence-electron chi connectivity index (χ4n) is 3.44. The first-order chi connectivity index (χ1) is 16.0. The van der Waals surface area contributed by atoms with Crippen LogP contribution in [0.1, 0.15) is 32.9 Å². The molecule has 4 rings (SSSR count). The van der Waals surface area contributed by atoms with Crippen LogP contribution in [0, 0.1) is 6.92 Å². The Morgan fingerprint density at radius 2 is 1.67 bits per heavy atom. The number of benzene rings is 3. The molecule has 33 heavy (non-hydrogen) atoms. The number of aryl methyl sites for hydroxylation is 1. The third-order valence-electron chi connectivity index (χ3n) is 5.25. The lowest BCUT2D eigenvalue weighted by molar-refractivity contribution is 0.0924. The lowest BCUT2D eigenvalue weighted by Crippen LogP contribution is -2.25. The monoisotopic (exact) mass is 443 g/mol. The number of fused-ring (bicyclic) bond motifs is 1. The summed E-state index contributed by atoms with van der Waals surface area (Å²) < 4.78 is 11.4. The van der Waals surface area contributed by atoms with Crippen molar-refractivity contribution in [2.24, 2.45) is 0 Å². The molecule has 0 saturated carbocycles. The Hall–Kier alpha value is -4.26. The second kappa shape index (κ2) is 9.91. The predicted octanol–water partition coefficient (Wildman–Crippen LogP) is 4.77. The van der Waals surface area contributed by atoms with E-state index >= 15 is 0 Å². The van der Waals surface area contributed by atoms with E-state index in [0.717, 1.165) is 10.9 Å². The zero-order chi connectivity index (χ0) is 23.2. The summed E-state index contributed by atoms with van der Waals surface area (Å²) in [5, 5.41) is 6.59. The smallest absolute Gasteiger partial charge is 0.287 e. The fourth-order valence-corrected chi connectivity index (χ4v) is 3.44. The van der Waals surface area contributed by atoms with Gasteiger partial charge in [-0.25, -0.2) is 0 Å². The molecule has 0 bridgehead atoms. The Morgan fingerprint density at radius 3 is 2.42 bits per heavy atom. The Morgan fingerprint density at radius 1 is 0.939 bits per heavy atom. The molecule has 0 aliphatic rings. The largest absolute Gasteiger partial charge is 0.494 e. The molecule has 4 N–H and O–H groups in total. The summed E-state index contributed by atoms with van der Waals surface area (Å²) in [6.07, 6.45) is 0.626. The Balaban J connectivity index is 1.22. The van der Waals surface area contributed by atoms with Crippen LogP contribution >= 0.6 is 0 Å². The number of rotatable bonds is 8. The number of hydrogen-bond donors (Lipinski definition) is 3. The van der Waals surface area contributed by atoms with Gasteiger partial charge >= 0.3 is 0 Å². The number of ether oxygens (including phenoxy) is 1. The number of furan rings is 1. The molecular formula is C26H25N3O4. The van der Waals surface area contributed by atoms with Crippen molar-refractivity contribution in [1.82, 2.24) is 5.32 Å². The summed E-state index contributed by atoms with van der Waals surface area (Å²) in [4.78, 5) is 24.8. The second-order valence-corrected chi connectivity index (χ2v) is 7.58. The van der Waals surface area contributed by atoms with Gasteiger partial charge in [-0.1, -0.05) is 30.3 Å². The molecule has 0 atom stereocenters. The van der Waals surface area contributed by atoms with Gasteiger partial charge in [0, 0.05) is 23.1 Å². The van der Waals surface area contributed by atoms with Crippen molar-refractivity contribution >= 4 is 34.2 Å². The van der Waals surface area contributed by atoms with Crippen molar-refractivity contribution in [3.8, 4) is 5.75 Å². The van der Waals surface area contributed by atoms with E-state index < -0.39 is 0 Å². The third-order valence-corrected chi connectivity index (χ3v) is 5.25. The van der Waals surface area contributed by atoms with Crippen molar-refractivity contribution in [1.29, 1.82) is 0 Å². The summed E-state index contributed by atoms with van der Waals surface area (Å²) >= 11 is 0. The molecule has 168 valence electrons.